The fourth-order valence-electron chi connectivity index (χ4n) is 3.03. The van der Waals surface area contributed by atoms with Gasteiger partial charge in [0.15, 0.2) is 46.5 Å². The molecule has 0 radical (unpaired) electrons. The average Bonchev–Trinajstić information content (AvgIpc) is 2.74. The summed E-state index contributed by atoms with van der Waals surface area (Å²) in [6, 6.07) is 0. The number of fused-ring (bicyclic) bond motifs is 3. The van der Waals surface area contributed by atoms with Crippen LogP contribution in [0.25, 0.3) is 11.1 Å². The second-order valence-corrected chi connectivity index (χ2v) is 9.89. The van der Waals surface area contributed by atoms with Crippen molar-refractivity contribution >= 4 is 18.4 Å². The quantitative estimate of drug-likeness (QED) is 0.294. The highest BCUT2D eigenvalue weighted by Gasteiger charge is 2.49. The molecule has 0 nitrogen and oxygen atoms in total. The predicted molar refractivity (Wildman–Crippen MR) is 68.3 cm³/mol. The fourth-order valence-corrected chi connectivity index (χ4v) is 6.32. The zero-order valence-corrected chi connectivity index (χ0v) is 12.5. The van der Waals surface area contributed by atoms with Gasteiger partial charge < -0.3 is 0 Å². The normalized spacial score (nSPS) is 14.9. The molecule has 1 aliphatic rings. The van der Waals surface area contributed by atoms with Crippen LogP contribution >= 0.6 is 0 Å². The van der Waals surface area contributed by atoms with E-state index in [0.29, 0.717) is 0 Å². The largest absolute Gasteiger partial charge is 0.204 e. The molecule has 0 aromatic heterocycles. The van der Waals surface area contributed by atoms with Gasteiger partial charge in [-0.05, 0) is 10.4 Å². The molecule has 0 spiro atoms. The molecule has 0 bridgehead atoms. The highest BCUT2D eigenvalue weighted by molar-refractivity contribution is 7.03. The summed E-state index contributed by atoms with van der Waals surface area (Å²) >= 11 is 0. The van der Waals surface area contributed by atoms with E-state index < -0.39 is 76.1 Å². The van der Waals surface area contributed by atoms with Crippen LogP contribution < -0.4 is 10.4 Å². The lowest BCUT2D eigenvalue weighted by molar-refractivity contribution is 0.409. The second-order valence-electron chi connectivity index (χ2n) is 5.64. The molecule has 0 saturated carbocycles. The molecule has 3 rings (SSSR count). The maximum absolute atomic E-state index is 14.1. The van der Waals surface area contributed by atoms with Crippen molar-refractivity contribution in [3.63, 3.8) is 0 Å². The molecule has 2 aromatic rings. The first-order valence-electron chi connectivity index (χ1n) is 6.26. The van der Waals surface area contributed by atoms with Crippen molar-refractivity contribution in [1.82, 2.24) is 0 Å². The summed E-state index contributed by atoms with van der Waals surface area (Å²) in [5.74, 6) is -16.3. The number of hydrogen-bond acceptors (Lipinski definition) is 0. The minimum absolute atomic E-state index is 0.772. The van der Waals surface area contributed by atoms with Crippen molar-refractivity contribution in [2.75, 3.05) is 0 Å². The van der Waals surface area contributed by atoms with Crippen LogP contribution in [0.15, 0.2) is 0 Å². The summed E-state index contributed by atoms with van der Waals surface area (Å²) in [4.78, 5) is 0. The van der Waals surface area contributed by atoms with Crippen LogP contribution in [0.3, 0.4) is 0 Å². The van der Waals surface area contributed by atoms with Gasteiger partial charge in [-0.1, -0.05) is 13.1 Å². The Morgan fingerprint density at radius 2 is 0.696 bits per heavy atom. The van der Waals surface area contributed by atoms with E-state index in [0.717, 1.165) is 13.1 Å². The van der Waals surface area contributed by atoms with Gasteiger partial charge in [0.2, 0.25) is 0 Å². The molecule has 2 aromatic carbocycles. The van der Waals surface area contributed by atoms with Gasteiger partial charge in [0.1, 0.15) is 8.07 Å². The Labute approximate surface area is 125 Å². The SMILES string of the molecule is C[Si]1(C)c2c(F)c(F)c(F)c(F)c2-c2c(F)c(F)c(F)c(F)c21. The number of hydrogen-bond donors (Lipinski definition) is 0. The number of rotatable bonds is 0. The standard InChI is InChI=1S/C14H6F8Si/c1-23(2)13-3(5(15)7(17)9(19)11(13)21)4-6(16)8(18)10(20)12(22)14(4)23/h1-2H3. The van der Waals surface area contributed by atoms with E-state index in [4.69, 9.17) is 0 Å². The first kappa shape index (κ1) is 16.0. The van der Waals surface area contributed by atoms with Crippen molar-refractivity contribution in [3.8, 4) is 11.1 Å². The Morgan fingerprint density at radius 3 is 1.00 bits per heavy atom. The highest BCUT2D eigenvalue weighted by atomic mass is 28.3. The van der Waals surface area contributed by atoms with Crippen LogP contribution in [0, 0.1) is 46.5 Å². The van der Waals surface area contributed by atoms with Gasteiger partial charge >= 0.3 is 0 Å². The molecule has 23 heavy (non-hydrogen) atoms. The topological polar surface area (TPSA) is 0 Å². The maximum atomic E-state index is 14.1. The van der Waals surface area contributed by atoms with Gasteiger partial charge in [-0.15, -0.1) is 0 Å². The molecule has 0 atom stereocenters. The van der Waals surface area contributed by atoms with Crippen LogP contribution in [0.1, 0.15) is 0 Å². The zero-order chi connectivity index (χ0) is 17.4. The third kappa shape index (κ3) is 1.71. The van der Waals surface area contributed by atoms with Crippen LogP contribution in [0.4, 0.5) is 35.1 Å². The summed E-state index contributed by atoms with van der Waals surface area (Å²) in [5, 5.41) is -1.54. The molecule has 9 heteroatoms. The molecule has 0 N–H and O–H groups in total. The van der Waals surface area contributed by atoms with Crippen molar-refractivity contribution < 1.29 is 35.1 Å². The van der Waals surface area contributed by atoms with E-state index >= 15 is 0 Å². The summed E-state index contributed by atoms with van der Waals surface area (Å²) in [6.45, 7) is 2.33. The molecule has 0 fully saturated rings. The fraction of sp³-hybridized carbons (Fsp3) is 0.143. The maximum Gasteiger partial charge on any atom is 0.198 e. The van der Waals surface area contributed by atoms with Gasteiger partial charge in [-0.25, -0.2) is 35.1 Å². The summed E-state index contributed by atoms with van der Waals surface area (Å²) in [7, 11) is -3.69. The third-order valence-electron chi connectivity index (χ3n) is 4.03. The Balaban J connectivity index is 2.63. The minimum Gasteiger partial charge on any atom is -0.204 e. The van der Waals surface area contributed by atoms with Crippen LogP contribution in [0.5, 0.6) is 0 Å². The number of halogens is 8. The lowest BCUT2D eigenvalue weighted by atomic mass is 10.0. The van der Waals surface area contributed by atoms with Gasteiger partial charge in [-0.2, -0.15) is 0 Å². The second kappa shape index (κ2) is 4.56. The van der Waals surface area contributed by atoms with Crippen LogP contribution in [-0.2, 0) is 0 Å². The summed E-state index contributed by atoms with van der Waals surface area (Å²) < 4.78 is 110. The summed E-state index contributed by atoms with van der Waals surface area (Å²) in [5.41, 5.74) is -2.19. The Kier molecular flexibility index (Phi) is 3.17. The molecule has 122 valence electrons. The molecular weight excluding hydrogens is 348 g/mol. The Hall–Kier alpha value is -1.90. The van der Waals surface area contributed by atoms with E-state index in [1.165, 1.54) is 0 Å². The average molecular weight is 354 g/mol. The molecule has 0 saturated heterocycles. The van der Waals surface area contributed by atoms with Crippen LogP contribution in [-0.4, -0.2) is 8.07 Å². The van der Waals surface area contributed by atoms with E-state index in [1.54, 1.807) is 0 Å². The van der Waals surface area contributed by atoms with Gasteiger partial charge in [0, 0.05) is 11.1 Å². The predicted octanol–water partition coefficient (Wildman–Crippen LogP) is 3.60. The Morgan fingerprint density at radius 1 is 0.435 bits per heavy atom. The molecular formula is C14H6F8Si. The van der Waals surface area contributed by atoms with E-state index in [9.17, 15) is 35.1 Å². The van der Waals surface area contributed by atoms with Gasteiger partial charge in [0.05, 0.1) is 0 Å². The zero-order valence-electron chi connectivity index (χ0n) is 11.5. The van der Waals surface area contributed by atoms with E-state index in [1.807, 2.05) is 0 Å². The molecule has 0 unspecified atom stereocenters. The van der Waals surface area contributed by atoms with Crippen molar-refractivity contribution in [1.29, 1.82) is 0 Å². The lowest BCUT2D eigenvalue weighted by Gasteiger charge is -2.20. The van der Waals surface area contributed by atoms with Crippen molar-refractivity contribution in [3.05, 3.63) is 46.5 Å². The van der Waals surface area contributed by atoms with Gasteiger partial charge in [-0.3, -0.25) is 0 Å². The molecule has 1 aliphatic heterocycles. The van der Waals surface area contributed by atoms with Crippen LogP contribution in [0.2, 0.25) is 13.1 Å². The number of benzene rings is 2. The van der Waals surface area contributed by atoms with E-state index in [-0.39, 0.29) is 0 Å². The van der Waals surface area contributed by atoms with Crippen molar-refractivity contribution in [2.45, 2.75) is 13.1 Å². The van der Waals surface area contributed by atoms with Crippen molar-refractivity contribution in [2.24, 2.45) is 0 Å². The van der Waals surface area contributed by atoms with E-state index in [2.05, 4.69) is 0 Å². The smallest absolute Gasteiger partial charge is 0.198 e. The third-order valence-corrected chi connectivity index (χ3v) is 7.47. The van der Waals surface area contributed by atoms with Gasteiger partial charge in [0.25, 0.3) is 0 Å². The molecule has 0 amide bonds. The molecule has 1 heterocycles. The first-order chi connectivity index (χ1) is 10.5. The minimum atomic E-state index is -3.69. The lowest BCUT2D eigenvalue weighted by Crippen LogP contribution is -2.53. The monoisotopic (exact) mass is 354 g/mol. The highest BCUT2D eigenvalue weighted by Crippen LogP contribution is 2.37. The first-order valence-corrected chi connectivity index (χ1v) is 9.26. The Bertz CT molecular complexity index is 816. The molecule has 0 aliphatic carbocycles. The summed E-state index contributed by atoms with van der Waals surface area (Å²) in [6.07, 6.45) is 0.